The topological polar surface area (TPSA) is 82.8 Å². The lowest BCUT2D eigenvalue weighted by molar-refractivity contribution is -0.147. The van der Waals surface area contributed by atoms with Crippen LogP contribution in [0.1, 0.15) is 25.2 Å². The molecule has 0 aliphatic carbocycles. The van der Waals surface area contributed by atoms with Gasteiger partial charge >= 0.3 is 5.97 Å². The monoisotopic (exact) mass is 535 g/mol. The van der Waals surface area contributed by atoms with E-state index in [1.165, 1.54) is 18.0 Å². The molecular weight excluding hydrogens is 518 g/mol. The van der Waals surface area contributed by atoms with Crippen LogP contribution in [0, 0.1) is 0 Å². The molecule has 0 saturated heterocycles. The number of halogens is 2. The summed E-state index contributed by atoms with van der Waals surface area (Å²) in [6.45, 7) is 3.50. The minimum Gasteiger partial charge on any atom is -0.478 e. The zero-order chi connectivity index (χ0) is 21.8. The van der Waals surface area contributed by atoms with E-state index in [0.29, 0.717) is 34.5 Å². The van der Waals surface area contributed by atoms with Crippen molar-refractivity contribution in [2.45, 2.75) is 26.4 Å². The Morgan fingerprint density at radius 1 is 1.23 bits per heavy atom. The van der Waals surface area contributed by atoms with Crippen LogP contribution in [0.3, 0.4) is 0 Å². The van der Waals surface area contributed by atoms with Gasteiger partial charge in [0.25, 0.3) is 5.56 Å². The van der Waals surface area contributed by atoms with Crippen LogP contribution in [0.25, 0.3) is 10.9 Å². The minimum absolute atomic E-state index is 0.269. The Morgan fingerprint density at radius 2 is 1.93 bits per heavy atom. The number of carbonyl (C=O) groups is 1. The third-order valence-corrected chi connectivity index (χ3v) is 5.30. The average Bonchev–Trinajstić information content (AvgIpc) is 2.74. The molecule has 3 rings (SSSR count). The molecule has 0 aliphatic rings. The first-order valence-electron chi connectivity index (χ1n) is 9.13. The molecule has 156 valence electrons. The third kappa shape index (κ3) is 4.79. The summed E-state index contributed by atoms with van der Waals surface area (Å²) >= 11 is 6.81. The number of hydrogen-bond donors (Lipinski definition) is 0. The Labute approximate surface area is 190 Å². The zero-order valence-electron chi connectivity index (χ0n) is 16.6. The van der Waals surface area contributed by atoms with Gasteiger partial charge in [-0.25, -0.2) is 9.78 Å². The number of benzene rings is 2. The molecule has 0 fully saturated rings. The number of nitrogens with zero attached hydrogens (tertiary/aromatic N) is 3. The lowest BCUT2D eigenvalue weighted by Gasteiger charge is -2.14. The number of esters is 1. The Balaban J connectivity index is 2.06. The van der Waals surface area contributed by atoms with E-state index in [2.05, 4.69) is 41.9 Å². The molecule has 1 heterocycles. The summed E-state index contributed by atoms with van der Waals surface area (Å²) in [5, 5.41) is 4.85. The van der Waals surface area contributed by atoms with Crippen molar-refractivity contribution in [1.82, 2.24) is 9.66 Å². The Morgan fingerprint density at radius 3 is 2.63 bits per heavy atom. The van der Waals surface area contributed by atoms with Crippen LogP contribution >= 0.6 is 31.9 Å². The van der Waals surface area contributed by atoms with E-state index in [1.54, 1.807) is 37.3 Å². The predicted octanol–water partition coefficient (Wildman–Crippen LogP) is 4.31. The SMILES string of the molecule is CCc1nc2ccc(Br)cc2c(=O)n1N=Cc1cc(Br)ccc1O[C@@H](C)C(=O)OC. The van der Waals surface area contributed by atoms with Crippen molar-refractivity contribution in [2.75, 3.05) is 7.11 Å². The molecule has 0 bridgehead atoms. The van der Waals surface area contributed by atoms with Gasteiger partial charge in [-0.15, -0.1) is 0 Å². The lowest BCUT2D eigenvalue weighted by atomic mass is 10.2. The molecule has 0 unspecified atom stereocenters. The maximum atomic E-state index is 13.0. The molecule has 3 aromatic rings. The highest BCUT2D eigenvalue weighted by Crippen LogP contribution is 2.23. The van der Waals surface area contributed by atoms with Gasteiger partial charge in [-0.2, -0.15) is 9.78 Å². The molecule has 1 aromatic heterocycles. The highest BCUT2D eigenvalue weighted by atomic mass is 79.9. The first-order valence-corrected chi connectivity index (χ1v) is 10.7. The largest absolute Gasteiger partial charge is 0.478 e. The molecule has 0 saturated carbocycles. The zero-order valence-corrected chi connectivity index (χ0v) is 19.7. The molecule has 0 spiro atoms. The van der Waals surface area contributed by atoms with Gasteiger partial charge in [-0.3, -0.25) is 4.79 Å². The van der Waals surface area contributed by atoms with E-state index in [-0.39, 0.29) is 5.56 Å². The van der Waals surface area contributed by atoms with Crippen LogP contribution in [0.4, 0.5) is 0 Å². The Hall–Kier alpha value is -2.52. The van der Waals surface area contributed by atoms with E-state index in [0.717, 1.165) is 8.95 Å². The second kappa shape index (κ2) is 9.53. The smallest absolute Gasteiger partial charge is 0.346 e. The quantitative estimate of drug-likeness (QED) is 0.346. The first kappa shape index (κ1) is 22.2. The molecule has 0 N–H and O–H groups in total. The lowest BCUT2D eigenvalue weighted by Crippen LogP contribution is -2.25. The van der Waals surface area contributed by atoms with Crippen LogP contribution in [0.15, 0.2) is 55.2 Å². The maximum Gasteiger partial charge on any atom is 0.346 e. The fourth-order valence-electron chi connectivity index (χ4n) is 2.79. The van der Waals surface area contributed by atoms with E-state index in [9.17, 15) is 9.59 Å². The molecule has 0 amide bonds. The normalized spacial score (nSPS) is 12.3. The van der Waals surface area contributed by atoms with Gasteiger partial charge in [-0.1, -0.05) is 38.8 Å². The summed E-state index contributed by atoms with van der Waals surface area (Å²) in [6.07, 6.45) is 1.24. The number of aryl methyl sites for hydroxylation is 1. The fourth-order valence-corrected chi connectivity index (χ4v) is 3.53. The number of methoxy groups -OCH3 is 1. The highest BCUT2D eigenvalue weighted by Gasteiger charge is 2.17. The van der Waals surface area contributed by atoms with E-state index >= 15 is 0 Å². The molecule has 7 nitrogen and oxygen atoms in total. The second-order valence-electron chi connectivity index (χ2n) is 6.37. The summed E-state index contributed by atoms with van der Waals surface area (Å²) in [5.41, 5.74) is 0.933. The molecular formula is C21H19Br2N3O4. The highest BCUT2D eigenvalue weighted by molar-refractivity contribution is 9.10. The van der Waals surface area contributed by atoms with E-state index in [1.807, 2.05) is 13.0 Å². The average molecular weight is 537 g/mol. The molecule has 0 radical (unpaired) electrons. The summed E-state index contributed by atoms with van der Waals surface area (Å²) < 4.78 is 13.3. The summed E-state index contributed by atoms with van der Waals surface area (Å²) in [5.74, 6) is 0.475. The number of fused-ring (bicyclic) bond motifs is 1. The van der Waals surface area contributed by atoms with E-state index in [4.69, 9.17) is 9.47 Å². The molecule has 30 heavy (non-hydrogen) atoms. The van der Waals surface area contributed by atoms with Crippen molar-refractivity contribution in [1.29, 1.82) is 0 Å². The van der Waals surface area contributed by atoms with Gasteiger partial charge in [-0.05, 0) is 43.3 Å². The fraction of sp³-hybridized carbons (Fsp3) is 0.238. The number of rotatable bonds is 6. The van der Waals surface area contributed by atoms with E-state index < -0.39 is 12.1 Å². The predicted molar refractivity (Wildman–Crippen MR) is 122 cm³/mol. The molecule has 0 aliphatic heterocycles. The molecule has 9 heteroatoms. The summed E-state index contributed by atoms with van der Waals surface area (Å²) in [7, 11) is 1.30. The maximum absolute atomic E-state index is 13.0. The molecule has 1 atom stereocenters. The van der Waals surface area contributed by atoms with Crippen molar-refractivity contribution in [3.63, 3.8) is 0 Å². The van der Waals surface area contributed by atoms with Gasteiger partial charge in [0.15, 0.2) is 6.10 Å². The summed E-state index contributed by atoms with van der Waals surface area (Å²) in [6, 6.07) is 10.6. The Kier molecular flexibility index (Phi) is 7.04. The number of ether oxygens (including phenoxy) is 2. The first-order chi connectivity index (χ1) is 14.3. The van der Waals surface area contributed by atoms with Gasteiger partial charge in [0.2, 0.25) is 0 Å². The second-order valence-corrected chi connectivity index (χ2v) is 8.20. The van der Waals surface area contributed by atoms with Crippen LogP contribution in [0.5, 0.6) is 5.75 Å². The number of hydrogen-bond acceptors (Lipinski definition) is 6. The van der Waals surface area contributed by atoms with Gasteiger partial charge in [0.05, 0.1) is 24.2 Å². The summed E-state index contributed by atoms with van der Waals surface area (Å²) in [4.78, 5) is 29.3. The Bertz CT molecular complexity index is 1190. The standard InChI is InChI=1S/C21H19Br2N3O4/c1-4-19-25-17-7-5-15(23)10-16(17)20(27)26(19)24-11-13-9-14(22)6-8-18(13)30-12(2)21(28)29-3/h5-12H,4H2,1-3H3/t12-/m0/s1. The van der Waals surface area contributed by atoms with Crippen LogP contribution in [-0.2, 0) is 16.0 Å². The van der Waals surface area contributed by atoms with Gasteiger partial charge in [0, 0.05) is 20.9 Å². The van der Waals surface area contributed by atoms with Crippen LogP contribution in [-0.4, -0.2) is 35.1 Å². The van der Waals surface area contributed by atoms with Crippen LogP contribution in [0.2, 0.25) is 0 Å². The van der Waals surface area contributed by atoms with Crippen molar-refractivity contribution < 1.29 is 14.3 Å². The number of aromatic nitrogens is 2. The van der Waals surface area contributed by atoms with Crippen molar-refractivity contribution in [3.05, 3.63) is 67.1 Å². The van der Waals surface area contributed by atoms with Crippen molar-refractivity contribution >= 4 is 54.9 Å². The van der Waals surface area contributed by atoms with Gasteiger partial charge in [0.1, 0.15) is 11.6 Å². The van der Waals surface area contributed by atoms with Crippen LogP contribution < -0.4 is 10.3 Å². The minimum atomic E-state index is -0.795. The van der Waals surface area contributed by atoms with Crippen molar-refractivity contribution in [3.8, 4) is 5.75 Å². The number of carbonyl (C=O) groups excluding carboxylic acids is 1. The molecule has 2 aromatic carbocycles. The van der Waals surface area contributed by atoms with Gasteiger partial charge < -0.3 is 9.47 Å². The van der Waals surface area contributed by atoms with Crippen molar-refractivity contribution in [2.24, 2.45) is 5.10 Å². The third-order valence-electron chi connectivity index (χ3n) is 4.31.